The lowest BCUT2D eigenvalue weighted by Gasteiger charge is -2.17. The second-order valence-corrected chi connectivity index (χ2v) is 9.38. The number of nitrogens with one attached hydrogen (secondary N) is 1. The highest BCUT2D eigenvalue weighted by molar-refractivity contribution is 7.92. The Morgan fingerprint density at radius 2 is 1.74 bits per heavy atom. The molecule has 3 aromatic rings. The zero-order valence-corrected chi connectivity index (χ0v) is 18.3. The van der Waals surface area contributed by atoms with Gasteiger partial charge < -0.3 is 0 Å². The summed E-state index contributed by atoms with van der Waals surface area (Å²) in [4.78, 5) is 12.7. The molecular formula is C23H20ClN3O3S. The van der Waals surface area contributed by atoms with Gasteiger partial charge in [0.1, 0.15) is 0 Å². The third-order valence-corrected chi connectivity index (χ3v) is 6.54. The van der Waals surface area contributed by atoms with Crippen molar-refractivity contribution >= 4 is 38.9 Å². The lowest BCUT2D eigenvalue weighted by molar-refractivity contribution is -0.129. The van der Waals surface area contributed by atoms with Crippen LogP contribution in [0.4, 0.5) is 5.69 Å². The molecule has 1 heterocycles. The van der Waals surface area contributed by atoms with Gasteiger partial charge in [0.2, 0.25) is 5.91 Å². The van der Waals surface area contributed by atoms with Crippen molar-refractivity contribution in [2.24, 2.45) is 5.10 Å². The quantitative estimate of drug-likeness (QED) is 0.593. The van der Waals surface area contributed by atoms with Crippen LogP contribution in [0.15, 0.2) is 82.8 Å². The van der Waals surface area contributed by atoms with E-state index in [9.17, 15) is 13.2 Å². The van der Waals surface area contributed by atoms with E-state index < -0.39 is 10.0 Å². The Hall–Kier alpha value is -3.16. The van der Waals surface area contributed by atoms with Gasteiger partial charge in [0, 0.05) is 5.02 Å². The van der Waals surface area contributed by atoms with E-state index in [2.05, 4.69) is 9.82 Å². The van der Waals surface area contributed by atoms with Crippen LogP contribution in [0.2, 0.25) is 5.02 Å². The first-order valence-corrected chi connectivity index (χ1v) is 11.5. The van der Waals surface area contributed by atoms with Crippen LogP contribution < -0.4 is 4.72 Å². The fraction of sp³-hybridized carbons (Fsp3) is 0.130. The fourth-order valence-electron chi connectivity index (χ4n) is 3.25. The van der Waals surface area contributed by atoms with Crippen molar-refractivity contribution in [1.82, 2.24) is 5.01 Å². The second kappa shape index (κ2) is 8.53. The molecule has 3 aromatic carbocycles. The van der Waals surface area contributed by atoms with Gasteiger partial charge in [0.25, 0.3) is 10.0 Å². The second-order valence-electron chi connectivity index (χ2n) is 7.26. The smallest absolute Gasteiger partial charge is 0.261 e. The highest BCUT2D eigenvalue weighted by atomic mass is 35.5. The van der Waals surface area contributed by atoms with Gasteiger partial charge in [-0.2, -0.15) is 5.10 Å². The maximum Gasteiger partial charge on any atom is 0.261 e. The Kier molecular flexibility index (Phi) is 5.80. The molecule has 0 radical (unpaired) electrons. The molecule has 158 valence electrons. The van der Waals surface area contributed by atoms with Crippen LogP contribution in [0.3, 0.4) is 0 Å². The summed E-state index contributed by atoms with van der Waals surface area (Å²) >= 11 is 6.12. The summed E-state index contributed by atoms with van der Waals surface area (Å²) in [5.41, 5.74) is 3.42. The van der Waals surface area contributed by atoms with E-state index in [-0.39, 0.29) is 23.8 Å². The molecule has 0 aliphatic carbocycles. The summed E-state index contributed by atoms with van der Waals surface area (Å²) in [6.07, 6.45) is 0.196. The van der Waals surface area contributed by atoms with Crippen LogP contribution in [0.5, 0.6) is 0 Å². The number of hydrogen-bond acceptors (Lipinski definition) is 4. The van der Waals surface area contributed by atoms with Gasteiger partial charge in [0.15, 0.2) is 0 Å². The first-order valence-electron chi connectivity index (χ1n) is 9.63. The molecular weight excluding hydrogens is 434 g/mol. The lowest BCUT2D eigenvalue weighted by Crippen LogP contribution is -2.22. The number of hydrogen-bond donors (Lipinski definition) is 1. The predicted molar refractivity (Wildman–Crippen MR) is 122 cm³/mol. The van der Waals surface area contributed by atoms with Crippen LogP contribution in [0.1, 0.15) is 23.1 Å². The number of halogens is 1. The molecule has 1 N–H and O–H groups in total. The number of aryl methyl sites for hydroxylation is 1. The van der Waals surface area contributed by atoms with Crippen molar-refractivity contribution in [2.75, 3.05) is 4.72 Å². The highest BCUT2D eigenvalue weighted by Gasteiger charge is 2.26. The van der Waals surface area contributed by atoms with Crippen LogP contribution in [0.25, 0.3) is 0 Å². The number of carbonyl (C=O) groups is 1. The van der Waals surface area contributed by atoms with Gasteiger partial charge in [0.05, 0.1) is 29.3 Å². The van der Waals surface area contributed by atoms with E-state index in [1.54, 1.807) is 36.4 Å². The SMILES string of the molecule is Cc1ccc(S(=O)(=O)Nc2cc(Cl)ccc2CN2N=C(c3ccccc3)CC2=O)cc1. The fourth-order valence-corrected chi connectivity index (χ4v) is 4.51. The monoisotopic (exact) mass is 453 g/mol. The van der Waals surface area contributed by atoms with Crippen molar-refractivity contribution in [2.45, 2.75) is 24.8 Å². The molecule has 0 unspecified atom stereocenters. The van der Waals surface area contributed by atoms with Gasteiger partial charge in [-0.25, -0.2) is 13.4 Å². The molecule has 0 bridgehead atoms. The Morgan fingerprint density at radius 3 is 2.45 bits per heavy atom. The average Bonchev–Trinajstić information content (AvgIpc) is 3.11. The molecule has 31 heavy (non-hydrogen) atoms. The van der Waals surface area contributed by atoms with E-state index in [0.29, 0.717) is 22.0 Å². The van der Waals surface area contributed by atoms with Gasteiger partial charge in [-0.05, 0) is 42.3 Å². The van der Waals surface area contributed by atoms with E-state index in [1.165, 1.54) is 11.1 Å². The zero-order valence-electron chi connectivity index (χ0n) is 16.7. The first-order chi connectivity index (χ1) is 14.8. The van der Waals surface area contributed by atoms with Crippen LogP contribution in [-0.4, -0.2) is 25.0 Å². The van der Waals surface area contributed by atoms with Gasteiger partial charge in [-0.1, -0.05) is 65.7 Å². The van der Waals surface area contributed by atoms with E-state index in [1.807, 2.05) is 37.3 Å². The molecule has 0 aromatic heterocycles. The maximum absolute atomic E-state index is 12.9. The minimum absolute atomic E-state index is 0.123. The number of hydrazone groups is 1. The zero-order chi connectivity index (χ0) is 22.0. The van der Waals surface area contributed by atoms with Crippen molar-refractivity contribution in [1.29, 1.82) is 0 Å². The van der Waals surface area contributed by atoms with Crippen molar-refractivity contribution in [3.8, 4) is 0 Å². The number of anilines is 1. The largest absolute Gasteiger partial charge is 0.279 e. The molecule has 1 amide bonds. The number of rotatable bonds is 6. The van der Waals surface area contributed by atoms with Gasteiger partial charge >= 0.3 is 0 Å². The third-order valence-electron chi connectivity index (χ3n) is 4.92. The molecule has 0 atom stereocenters. The van der Waals surface area contributed by atoms with Crippen LogP contribution >= 0.6 is 11.6 Å². The van der Waals surface area contributed by atoms with Crippen molar-refractivity contribution < 1.29 is 13.2 Å². The topological polar surface area (TPSA) is 78.8 Å². The molecule has 0 fully saturated rings. The number of nitrogens with zero attached hydrogens (tertiary/aromatic N) is 2. The lowest BCUT2D eigenvalue weighted by atomic mass is 10.1. The Morgan fingerprint density at radius 1 is 1.03 bits per heavy atom. The van der Waals surface area contributed by atoms with Gasteiger partial charge in [-0.15, -0.1) is 0 Å². The Labute approximate surface area is 186 Å². The molecule has 0 saturated heterocycles. The van der Waals surface area contributed by atoms with Crippen LogP contribution in [-0.2, 0) is 21.4 Å². The average molecular weight is 454 g/mol. The van der Waals surface area contributed by atoms with Gasteiger partial charge in [-0.3, -0.25) is 9.52 Å². The minimum Gasteiger partial charge on any atom is -0.279 e. The Balaban J connectivity index is 1.61. The molecule has 6 nitrogen and oxygen atoms in total. The van der Waals surface area contributed by atoms with Crippen molar-refractivity contribution in [3.05, 3.63) is 94.5 Å². The summed E-state index contributed by atoms with van der Waals surface area (Å²) in [5, 5.41) is 6.19. The minimum atomic E-state index is -3.82. The normalized spacial score (nSPS) is 13.9. The van der Waals surface area contributed by atoms with E-state index in [0.717, 1.165) is 11.1 Å². The first kappa shape index (κ1) is 21.1. The molecule has 8 heteroatoms. The molecule has 1 aliphatic rings. The molecule has 0 spiro atoms. The van der Waals surface area contributed by atoms with Crippen molar-refractivity contribution in [3.63, 3.8) is 0 Å². The van der Waals surface area contributed by atoms with E-state index in [4.69, 9.17) is 11.6 Å². The number of amides is 1. The maximum atomic E-state index is 12.9. The number of carbonyl (C=O) groups excluding carboxylic acids is 1. The third kappa shape index (κ3) is 4.78. The summed E-state index contributed by atoms with van der Waals surface area (Å²) < 4.78 is 28.3. The summed E-state index contributed by atoms with van der Waals surface area (Å²) in [7, 11) is -3.82. The molecule has 1 aliphatic heterocycles. The number of sulfonamides is 1. The predicted octanol–water partition coefficient (Wildman–Crippen LogP) is 4.59. The van der Waals surface area contributed by atoms with Crippen LogP contribution in [0, 0.1) is 6.92 Å². The highest BCUT2D eigenvalue weighted by Crippen LogP contribution is 2.27. The standard InChI is InChI=1S/C23H20ClN3O3S/c1-16-7-11-20(12-8-16)31(29,30)26-22-13-19(24)10-9-18(22)15-27-23(28)14-21(25-27)17-5-3-2-4-6-17/h2-13,26H,14-15H2,1H3. The summed E-state index contributed by atoms with van der Waals surface area (Å²) in [6, 6.07) is 20.9. The van der Waals surface area contributed by atoms with E-state index >= 15 is 0 Å². The summed E-state index contributed by atoms with van der Waals surface area (Å²) in [5.74, 6) is -0.152. The number of benzene rings is 3. The molecule has 0 saturated carbocycles. The Bertz CT molecular complexity index is 1260. The summed E-state index contributed by atoms with van der Waals surface area (Å²) in [6.45, 7) is 2.01. The molecule has 4 rings (SSSR count).